The van der Waals surface area contributed by atoms with Gasteiger partial charge in [-0.15, -0.1) is 0 Å². The van der Waals surface area contributed by atoms with Gasteiger partial charge in [0.2, 0.25) is 0 Å². The standard InChI is InChI=1S/C15H30N4O6P2/c1-3-5-7-16-13(20)18-26-22-9-15(10-23-26)11-24-27(25-12-15)19-14(21)17-8-6-4-2/h3-12H2,1-2H3,(H2,16,18,20)(H2,17,19,21). The molecule has 2 aliphatic rings. The van der Waals surface area contributed by atoms with Crippen LogP contribution in [0.3, 0.4) is 0 Å². The Bertz CT molecular complexity index is 426. The average Bonchev–Trinajstić information content (AvgIpc) is 2.66. The van der Waals surface area contributed by atoms with Crippen molar-refractivity contribution in [2.24, 2.45) is 5.41 Å². The molecule has 0 bridgehead atoms. The van der Waals surface area contributed by atoms with E-state index < -0.39 is 22.5 Å². The summed E-state index contributed by atoms with van der Waals surface area (Å²) in [6.45, 7) is 6.81. The lowest BCUT2D eigenvalue weighted by Gasteiger charge is -2.42. The van der Waals surface area contributed by atoms with Gasteiger partial charge in [0.1, 0.15) is 0 Å². The van der Waals surface area contributed by atoms with Crippen LogP contribution in [-0.4, -0.2) is 51.6 Å². The van der Waals surface area contributed by atoms with E-state index in [9.17, 15) is 9.59 Å². The van der Waals surface area contributed by atoms with Crippen molar-refractivity contribution in [2.45, 2.75) is 39.5 Å². The molecule has 0 aromatic heterocycles. The molecule has 0 aromatic carbocycles. The maximum Gasteiger partial charge on any atom is 0.321 e. The van der Waals surface area contributed by atoms with E-state index in [0.29, 0.717) is 39.5 Å². The van der Waals surface area contributed by atoms with Crippen molar-refractivity contribution in [2.75, 3.05) is 39.5 Å². The second-order valence-corrected chi connectivity index (χ2v) is 9.06. The van der Waals surface area contributed by atoms with Gasteiger partial charge in [-0.2, -0.15) is 0 Å². The molecule has 4 N–H and O–H groups in total. The van der Waals surface area contributed by atoms with Crippen molar-refractivity contribution in [3.8, 4) is 0 Å². The number of nitrogens with one attached hydrogen (secondary N) is 4. The van der Waals surface area contributed by atoms with Crippen LogP contribution >= 0.6 is 17.1 Å². The number of urea groups is 2. The average molecular weight is 424 g/mol. The highest BCUT2D eigenvalue weighted by molar-refractivity contribution is 7.46. The fourth-order valence-electron chi connectivity index (χ4n) is 2.24. The molecule has 27 heavy (non-hydrogen) atoms. The number of carbonyl (C=O) groups excluding carboxylic acids is 2. The van der Waals surface area contributed by atoms with Crippen LogP contribution in [0.25, 0.3) is 0 Å². The van der Waals surface area contributed by atoms with Crippen LogP contribution in [-0.2, 0) is 18.1 Å². The summed E-state index contributed by atoms with van der Waals surface area (Å²) < 4.78 is 22.6. The molecule has 156 valence electrons. The van der Waals surface area contributed by atoms with Crippen molar-refractivity contribution >= 4 is 29.1 Å². The number of hydrogen-bond acceptors (Lipinski definition) is 6. The zero-order valence-corrected chi connectivity index (χ0v) is 17.7. The van der Waals surface area contributed by atoms with Gasteiger partial charge in [0.15, 0.2) is 0 Å². The first-order valence-electron chi connectivity index (χ1n) is 9.28. The molecule has 0 aromatic rings. The summed E-state index contributed by atoms with van der Waals surface area (Å²) in [7, 11) is -2.93. The zero-order chi connectivity index (χ0) is 19.5. The van der Waals surface area contributed by atoms with E-state index >= 15 is 0 Å². The second-order valence-electron chi connectivity index (χ2n) is 6.55. The number of carbonyl (C=O) groups is 2. The van der Waals surface area contributed by atoms with E-state index in [1.807, 2.05) is 0 Å². The first kappa shape index (κ1) is 22.5. The molecule has 4 amide bonds. The van der Waals surface area contributed by atoms with Crippen molar-refractivity contribution < 1.29 is 27.7 Å². The van der Waals surface area contributed by atoms with Gasteiger partial charge >= 0.3 is 12.1 Å². The molecule has 0 radical (unpaired) electrons. The first-order valence-corrected chi connectivity index (χ1v) is 11.6. The normalized spacial score (nSPS) is 27.8. The maximum absolute atomic E-state index is 11.7. The maximum atomic E-state index is 11.7. The molecular formula is C15H30N4O6P2. The number of unbranched alkanes of at least 4 members (excludes halogenated alkanes) is 2. The lowest BCUT2D eigenvalue weighted by Crippen LogP contribution is -2.47. The highest BCUT2D eigenvalue weighted by atomic mass is 31.2. The van der Waals surface area contributed by atoms with Crippen LogP contribution in [0.1, 0.15) is 39.5 Å². The summed E-state index contributed by atoms with van der Waals surface area (Å²) in [4.78, 5) is 23.5. The lowest BCUT2D eigenvalue weighted by molar-refractivity contribution is -0.0549. The van der Waals surface area contributed by atoms with Gasteiger partial charge in [-0.3, -0.25) is 10.2 Å². The quantitative estimate of drug-likeness (QED) is 0.351. The van der Waals surface area contributed by atoms with Gasteiger partial charge in [0.05, 0.1) is 31.8 Å². The summed E-state index contributed by atoms with van der Waals surface area (Å²) in [5.74, 6) is 0. The monoisotopic (exact) mass is 424 g/mol. The van der Waals surface area contributed by atoms with E-state index in [2.05, 4.69) is 34.7 Å². The molecule has 2 saturated heterocycles. The van der Waals surface area contributed by atoms with Crippen LogP contribution in [0.2, 0.25) is 0 Å². The van der Waals surface area contributed by atoms with Crippen molar-refractivity contribution in [1.82, 2.24) is 20.8 Å². The lowest BCUT2D eigenvalue weighted by atomic mass is 9.93. The molecule has 2 fully saturated rings. The van der Waals surface area contributed by atoms with Gasteiger partial charge in [-0.1, -0.05) is 26.7 Å². The molecule has 10 nitrogen and oxygen atoms in total. The van der Waals surface area contributed by atoms with Gasteiger partial charge in [-0.05, 0) is 12.8 Å². The van der Waals surface area contributed by atoms with Gasteiger partial charge in [-0.25, -0.2) is 9.59 Å². The molecule has 0 aliphatic carbocycles. The third-order valence-corrected chi connectivity index (χ3v) is 6.20. The third-order valence-electron chi connectivity index (χ3n) is 3.97. The summed E-state index contributed by atoms with van der Waals surface area (Å²) in [5, 5.41) is 10.9. The van der Waals surface area contributed by atoms with E-state index in [1.54, 1.807) is 0 Å². The minimum absolute atomic E-state index is 0.288. The SMILES string of the molecule is CCCCNC(=O)NP1OCC2(CO1)COP(NC(=O)NCCCC)OC2. The molecule has 12 heteroatoms. The molecule has 2 aliphatic heterocycles. The van der Waals surface area contributed by atoms with Crippen molar-refractivity contribution in [3.05, 3.63) is 0 Å². The van der Waals surface area contributed by atoms with Crippen LogP contribution in [0.15, 0.2) is 0 Å². The smallest absolute Gasteiger partial charge is 0.321 e. The van der Waals surface area contributed by atoms with Crippen LogP contribution in [0.5, 0.6) is 0 Å². The summed E-state index contributed by atoms with van der Waals surface area (Å²) >= 11 is 0. The number of hydrogen-bond donors (Lipinski definition) is 4. The Morgan fingerprint density at radius 3 is 1.48 bits per heavy atom. The van der Waals surface area contributed by atoms with E-state index in [0.717, 1.165) is 25.7 Å². The molecule has 0 unspecified atom stereocenters. The number of amides is 4. The highest BCUT2D eigenvalue weighted by Gasteiger charge is 2.43. The second kappa shape index (κ2) is 11.9. The fourth-order valence-corrected chi connectivity index (χ4v) is 4.70. The van der Waals surface area contributed by atoms with Crippen molar-refractivity contribution in [1.29, 1.82) is 0 Å². The molecule has 2 heterocycles. The van der Waals surface area contributed by atoms with E-state index in [4.69, 9.17) is 18.1 Å². The summed E-state index contributed by atoms with van der Waals surface area (Å²) in [6, 6.07) is -0.577. The van der Waals surface area contributed by atoms with Gasteiger partial charge < -0.3 is 28.7 Å². The molecule has 2 rings (SSSR count). The fraction of sp³-hybridized carbons (Fsp3) is 0.867. The van der Waals surface area contributed by atoms with Crippen molar-refractivity contribution in [3.63, 3.8) is 0 Å². The van der Waals surface area contributed by atoms with Gasteiger partial charge in [0.25, 0.3) is 17.1 Å². The van der Waals surface area contributed by atoms with Crippen LogP contribution in [0, 0.1) is 5.41 Å². The van der Waals surface area contributed by atoms with E-state index in [1.165, 1.54) is 0 Å². The number of rotatable bonds is 8. The Morgan fingerprint density at radius 1 is 0.778 bits per heavy atom. The summed E-state index contributed by atoms with van der Waals surface area (Å²) in [6.07, 6.45) is 3.89. The Morgan fingerprint density at radius 2 is 1.15 bits per heavy atom. The Labute approximate surface area is 162 Å². The highest BCUT2D eigenvalue weighted by Crippen LogP contribution is 2.49. The topological polar surface area (TPSA) is 119 Å². The zero-order valence-electron chi connectivity index (χ0n) is 15.9. The molecule has 0 saturated carbocycles. The summed E-state index contributed by atoms with van der Waals surface area (Å²) in [5.41, 5.74) is -0.418. The molecule has 0 atom stereocenters. The molecular weight excluding hydrogens is 394 g/mol. The molecule has 1 spiro atoms. The predicted molar refractivity (Wildman–Crippen MR) is 103 cm³/mol. The van der Waals surface area contributed by atoms with E-state index in [-0.39, 0.29) is 12.1 Å². The largest absolute Gasteiger partial charge is 0.338 e. The Kier molecular flexibility index (Phi) is 9.96. The third kappa shape index (κ3) is 8.02. The van der Waals surface area contributed by atoms with Gasteiger partial charge in [0, 0.05) is 13.1 Å². The predicted octanol–water partition coefficient (Wildman–Crippen LogP) is 2.72. The minimum atomic E-state index is -1.46. The Hall–Kier alpha value is -0.760. The van der Waals surface area contributed by atoms with Crippen LogP contribution in [0.4, 0.5) is 9.59 Å². The van der Waals surface area contributed by atoms with Crippen LogP contribution < -0.4 is 20.8 Å². The Balaban J connectivity index is 1.63. The minimum Gasteiger partial charge on any atom is -0.338 e. The first-order chi connectivity index (χ1) is 13.1.